The summed E-state index contributed by atoms with van der Waals surface area (Å²) in [6.07, 6.45) is 0.830. The molecule has 27 heavy (non-hydrogen) atoms. The van der Waals surface area contributed by atoms with Crippen molar-refractivity contribution in [2.45, 2.75) is 11.3 Å². The van der Waals surface area contributed by atoms with Gasteiger partial charge < -0.3 is 10.2 Å². The van der Waals surface area contributed by atoms with Crippen molar-refractivity contribution in [2.75, 3.05) is 31.9 Å². The summed E-state index contributed by atoms with van der Waals surface area (Å²) in [5, 5.41) is 11.7. The monoisotopic (exact) mass is 386 g/mol. The fraction of sp³-hybridized carbons (Fsp3) is 0.263. The van der Waals surface area contributed by atoms with Crippen LogP contribution in [0.4, 0.5) is 5.69 Å². The molecule has 2 aromatic carbocycles. The van der Waals surface area contributed by atoms with E-state index in [4.69, 9.17) is 5.26 Å². The lowest BCUT2D eigenvalue weighted by molar-refractivity contribution is 0.0952. The van der Waals surface area contributed by atoms with Gasteiger partial charge in [0.25, 0.3) is 15.9 Å². The third kappa shape index (κ3) is 6.09. The van der Waals surface area contributed by atoms with Crippen LogP contribution in [-0.2, 0) is 10.0 Å². The summed E-state index contributed by atoms with van der Waals surface area (Å²) in [5.41, 5.74) is 1.05. The summed E-state index contributed by atoms with van der Waals surface area (Å²) in [7, 11) is 0.120. The third-order valence-electron chi connectivity index (χ3n) is 3.74. The Kier molecular flexibility index (Phi) is 6.93. The van der Waals surface area contributed by atoms with Crippen LogP contribution in [0.2, 0.25) is 0 Å². The van der Waals surface area contributed by atoms with Gasteiger partial charge in [0.2, 0.25) is 0 Å². The first-order valence-corrected chi connectivity index (χ1v) is 9.86. The van der Waals surface area contributed by atoms with E-state index in [0.29, 0.717) is 23.4 Å². The van der Waals surface area contributed by atoms with Gasteiger partial charge in [-0.3, -0.25) is 9.52 Å². The summed E-state index contributed by atoms with van der Waals surface area (Å²) in [6, 6.07) is 13.9. The van der Waals surface area contributed by atoms with Gasteiger partial charge in [-0.15, -0.1) is 0 Å². The first kappa shape index (κ1) is 20.4. The molecular weight excluding hydrogens is 364 g/mol. The molecule has 1 amide bonds. The Bertz CT molecular complexity index is 932. The summed E-state index contributed by atoms with van der Waals surface area (Å²) in [6.45, 7) is 1.42. The molecule has 0 unspecified atom stereocenters. The maximum absolute atomic E-state index is 12.5. The number of anilines is 1. The Labute approximate surface area is 159 Å². The van der Waals surface area contributed by atoms with Gasteiger partial charge in [0.05, 0.1) is 22.2 Å². The number of rotatable bonds is 8. The Morgan fingerprint density at radius 3 is 2.48 bits per heavy atom. The zero-order valence-corrected chi connectivity index (χ0v) is 16.1. The highest BCUT2D eigenvalue weighted by Gasteiger charge is 2.15. The number of hydrogen-bond acceptors (Lipinski definition) is 5. The number of sulfonamides is 1. The lowest BCUT2D eigenvalue weighted by atomic mass is 10.2. The van der Waals surface area contributed by atoms with Gasteiger partial charge in [0, 0.05) is 12.1 Å². The molecule has 0 heterocycles. The maximum atomic E-state index is 12.5. The number of carbonyl (C=O) groups excluding carboxylic acids is 1. The minimum absolute atomic E-state index is 0.0361. The molecule has 0 saturated carbocycles. The van der Waals surface area contributed by atoms with Crippen molar-refractivity contribution in [3.05, 3.63) is 59.7 Å². The normalized spacial score (nSPS) is 11.0. The predicted octanol–water partition coefficient (Wildman–Crippen LogP) is 2.04. The Morgan fingerprint density at radius 2 is 1.85 bits per heavy atom. The molecule has 0 aromatic heterocycles. The standard InChI is InChI=1S/C19H22N4O3S/c1-23(2)12-4-11-21-19(24)16-7-9-18(10-8-16)27(25,26)22-17-6-3-5-15(13-17)14-20/h3,5-10,13,22H,4,11-12H2,1-2H3,(H,21,24). The highest BCUT2D eigenvalue weighted by Crippen LogP contribution is 2.17. The summed E-state index contributed by atoms with van der Waals surface area (Å²) < 4.78 is 27.3. The highest BCUT2D eigenvalue weighted by atomic mass is 32.2. The van der Waals surface area contributed by atoms with Gasteiger partial charge in [-0.1, -0.05) is 6.07 Å². The molecule has 0 radical (unpaired) electrons. The Morgan fingerprint density at radius 1 is 1.15 bits per heavy atom. The van der Waals surface area contributed by atoms with E-state index in [9.17, 15) is 13.2 Å². The number of amides is 1. The fourth-order valence-corrected chi connectivity index (χ4v) is 3.40. The van der Waals surface area contributed by atoms with E-state index < -0.39 is 10.0 Å². The second-order valence-corrected chi connectivity index (χ2v) is 7.92. The topological polar surface area (TPSA) is 102 Å². The zero-order chi connectivity index (χ0) is 19.9. The molecule has 0 aliphatic carbocycles. The summed E-state index contributed by atoms with van der Waals surface area (Å²) in [4.78, 5) is 14.2. The van der Waals surface area contributed by atoms with Gasteiger partial charge in [-0.05, 0) is 69.5 Å². The van der Waals surface area contributed by atoms with E-state index in [1.165, 1.54) is 30.3 Å². The summed E-state index contributed by atoms with van der Waals surface area (Å²) >= 11 is 0. The molecule has 2 aromatic rings. The number of hydrogen-bond donors (Lipinski definition) is 2. The van der Waals surface area contributed by atoms with Crippen LogP contribution in [0.5, 0.6) is 0 Å². The molecule has 142 valence electrons. The first-order chi connectivity index (χ1) is 12.8. The third-order valence-corrected chi connectivity index (χ3v) is 5.14. The Hall–Kier alpha value is -2.89. The average molecular weight is 386 g/mol. The number of nitrogens with one attached hydrogen (secondary N) is 2. The number of benzene rings is 2. The van der Waals surface area contributed by atoms with Crippen molar-refractivity contribution in [3.63, 3.8) is 0 Å². The average Bonchev–Trinajstić information content (AvgIpc) is 2.65. The maximum Gasteiger partial charge on any atom is 0.261 e. The minimum Gasteiger partial charge on any atom is -0.352 e. The SMILES string of the molecule is CN(C)CCCNC(=O)c1ccc(S(=O)(=O)Nc2cccc(C#N)c2)cc1. The second-order valence-electron chi connectivity index (χ2n) is 6.24. The van der Waals surface area contributed by atoms with Crippen LogP contribution in [-0.4, -0.2) is 46.4 Å². The van der Waals surface area contributed by atoms with Crippen LogP contribution in [0, 0.1) is 11.3 Å². The molecule has 0 spiro atoms. The minimum atomic E-state index is -3.81. The van der Waals surface area contributed by atoms with E-state index in [1.807, 2.05) is 25.1 Å². The second kappa shape index (κ2) is 9.16. The highest BCUT2D eigenvalue weighted by molar-refractivity contribution is 7.92. The van der Waals surface area contributed by atoms with Crippen LogP contribution in [0.1, 0.15) is 22.3 Å². The lowest BCUT2D eigenvalue weighted by Crippen LogP contribution is -2.27. The fourth-order valence-electron chi connectivity index (χ4n) is 2.35. The van der Waals surface area contributed by atoms with Gasteiger partial charge in [-0.2, -0.15) is 5.26 Å². The van der Waals surface area contributed by atoms with Crippen molar-refractivity contribution in [1.82, 2.24) is 10.2 Å². The van der Waals surface area contributed by atoms with Crippen LogP contribution >= 0.6 is 0 Å². The molecule has 0 aliphatic rings. The number of carbonyl (C=O) groups is 1. The van der Waals surface area contributed by atoms with Crippen LogP contribution in [0.3, 0.4) is 0 Å². The molecular formula is C19H22N4O3S. The number of nitriles is 1. The van der Waals surface area contributed by atoms with Crippen LogP contribution < -0.4 is 10.0 Å². The largest absolute Gasteiger partial charge is 0.352 e. The van der Waals surface area contributed by atoms with Crippen molar-refractivity contribution < 1.29 is 13.2 Å². The van der Waals surface area contributed by atoms with E-state index in [-0.39, 0.29) is 10.8 Å². The molecule has 0 aliphatic heterocycles. The quantitative estimate of drug-likeness (QED) is 0.676. The molecule has 0 saturated heterocycles. The van der Waals surface area contributed by atoms with Crippen LogP contribution in [0.25, 0.3) is 0 Å². The van der Waals surface area contributed by atoms with E-state index in [2.05, 4.69) is 10.0 Å². The van der Waals surface area contributed by atoms with Crippen LogP contribution in [0.15, 0.2) is 53.4 Å². The molecule has 8 heteroatoms. The first-order valence-electron chi connectivity index (χ1n) is 8.38. The number of nitrogens with zero attached hydrogens (tertiary/aromatic N) is 2. The van der Waals surface area contributed by atoms with Crippen molar-refractivity contribution in [1.29, 1.82) is 5.26 Å². The molecule has 0 bridgehead atoms. The van der Waals surface area contributed by atoms with Crippen molar-refractivity contribution >= 4 is 21.6 Å². The van der Waals surface area contributed by atoms with E-state index in [1.54, 1.807) is 18.2 Å². The van der Waals surface area contributed by atoms with Gasteiger partial charge in [0.15, 0.2) is 0 Å². The van der Waals surface area contributed by atoms with E-state index in [0.717, 1.165) is 13.0 Å². The Balaban J connectivity index is 2.02. The molecule has 7 nitrogen and oxygen atoms in total. The van der Waals surface area contributed by atoms with Gasteiger partial charge in [-0.25, -0.2) is 8.42 Å². The molecule has 0 atom stereocenters. The zero-order valence-electron chi connectivity index (χ0n) is 15.3. The van der Waals surface area contributed by atoms with E-state index >= 15 is 0 Å². The summed E-state index contributed by atoms with van der Waals surface area (Å²) in [5.74, 6) is -0.243. The lowest BCUT2D eigenvalue weighted by Gasteiger charge is -2.11. The molecule has 2 rings (SSSR count). The van der Waals surface area contributed by atoms with Gasteiger partial charge >= 0.3 is 0 Å². The molecule has 2 N–H and O–H groups in total. The van der Waals surface area contributed by atoms with Crippen molar-refractivity contribution in [2.24, 2.45) is 0 Å². The predicted molar refractivity (Wildman–Crippen MR) is 104 cm³/mol. The molecule has 0 fully saturated rings. The smallest absolute Gasteiger partial charge is 0.261 e. The van der Waals surface area contributed by atoms with Crippen molar-refractivity contribution in [3.8, 4) is 6.07 Å². The van der Waals surface area contributed by atoms with Gasteiger partial charge in [0.1, 0.15) is 0 Å².